The van der Waals surface area contributed by atoms with Crippen LogP contribution in [0.3, 0.4) is 0 Å². The molecule has 4 fully saturated rings. The first-order valence-corrected chi connectivity index (χ1v) is 15.5. The van der Waals surface area contributed by atoms with Gasteiger partial charge < -0.3 is 14.0 Å². The summed E-state index contributed by atoms with van der Waals surface area (Å²) in [4.78, 5) is 25.9. The molecule has 37 heavy (non-hydrogen) atoms. The van der Waals surface area contributed by atoms with Crippen LogP contribution in [0.1, 0.15) is 42.5 Å². The molecule has 1 aromatic carbocycles. The summed E-state index contributed by atoms with van der Waals surface area (Å²) in [5.41, 5.74) is -0.607. The fourth-order valence-corrected chi connectivity index (χ4v) is 8.89. The van der Waals surface area contributed by atoms with Gasteiger partial charge in [-0.15, -0.1) is 0 Å². The Hall–Kier alpha value is -0.0900. The van der Waals surface area contributed by atoms with Gasteiger partial charge in [-0.25, -0.2) is 13.2 Å². The van der Waals surface area contributed by atoms with Gasteiger partial charge in [0.25, 0.3) is 6.10 Å². The topological polar surface area (TPSA) is 110 Å². The van der Waals surface area contributed by atoms with Crippen LogP contribution in [0, 0.1) is 34.4 Å². The average molecular weight is 889 g/mol. The van der Waals surface area contributed by atoms with Crippen molar-refractivity contribution in [2.24, 2.45) is 23.7 Å². The van der Waals surface area contributed by atoms with Crippen molar-refractivity contribution in [2.45, 2.75) is 55.2 Å². The molecule has 0 spiro atoms. The monoisotopic (exact) mass is 889 g/mol. The molecule has 0 N–H and O–H groups in total. The van der Waals surface area contributed by atoms with Gasteiger partial charge >= 0.3 is 23.4 Å². The second-order valence-electron chi connectivity index (χ2n) is 9.69. The van der Waals surface area contributed by atoms with Crippen LogP contribution in [0.5, 0.6) is 0 Å². The third kappa shape index (κ3) is 5.73. The third-order valence-corrected chi connectivity index (χ3v) is 11.7. The van der Waals surface area contributed by atoms with Gasteiger partial charge in [0.05, 0.1) is 11.5 Å². The van der Waals surface area contributed by atoms with Gasteiger partial charge in [0.1, 0.15) is 5.60 Å². The van der Waals surface area contributed by atoms with Gasteiger partial charge in [-0.1, -0.05) is 0 Å². The number of halogens is 8. The van der Waals surface area contributed by atoms with Gasteiger partial charge in [0.15, 0.2) is 10.1 Å². The Morgan fingerprint density at radius 2 is 1.59 bits per heavy atom. The molecule has 3 atom stereocenters. The molecule has 5 rings (SSSR count). The first-order valence-electron chi connectivity index (χ1n) is 10.8. The maximum absolute atomic E-state index is 13.9. The van der Waals surface area contributed by atoms with Crippen molar-refractivity contribution in [1.82, 2.24) is 0 Å². The van der Waals surface area contributed by atoms with Crippen LogP contribution in [0.25, 0.3) is 0 Å². The molecule has 0 radical (unpaired) electrons. The van der Waals surface area contributed by atoms with Gasteiger partial charge in [-0.05, 0) is 130 Å². The molecule has 4 aliphatic rings. The number of rotatable bonds is 6. The van der Waals surface area contributed by atoms with Crippen molar-refractivity contribution in [3.05, 3.63) is 28.4 Å². The molecule has 16 heteroatoms. The number of esters is 2. The maximum Gasteiger partial charge on any atom is 0.432 e. The molecular formula is C21H17F5I3O7S-. The van der Waals surface area contributed by atoms with Crippen LogP contribution in [0.4, 0.5) is 22.0 Å². The number of hydrogen-bond donors (Lipinski definition) is 0. The van der Waals surface area contributed by atoms with Crippen molar-refractivity contribution in [3.63, 3.8) is 0 Å². The van der Waals surface area contributed by atoms with Gasteiger partial charge in [0.2, 0.25) is 0 Å². The molecular weight excluding hydrogens is 872 g/mol. The Labute approximate surface area is 249 Å². The van der Waals surface area contributed by atoms with Crippen molar-refractivity contribution >= 4 is 89.8 Å². The highest BCUT2D eigenvalue weighted by molar-refractivity contribution is 14.1. The summed E-state index contributed by atoms with van der Waals surface area (Å²) in [6.45, 7) is 0. The maximum atomic E-state index is 13.9. The molecule has 4 aliphatic carbocycles. The van der Waals surface area contributed by atoms with E-state index in [9.17, 15) is 44.5 Å². The number of carbonyl (C=O) groups excluding carboxylic acids is 2. The third-order valence-electron chi connectivity index (χ3n) is 7.18. The Kier molecular flexibility index (Phi) is 8.14. The zero-order chi connectivity index (χ0) is 27.7. The highest BCUT2D eigenvalue weighted by Gasteiger charge is 2.65. The van der Waals surface area contributed by atoms with E-state index in [0.717, 1.165) is 7.14 Å². The van der Waals surface area contributed by atoms with Crippen LogP contribution in [-0.4, -0.2) is 48.0 Å². The van der Waals surface area contributed by atoms with Crippen molar-refractivity contribution in [2.75, 3.05) is 0 Å². The molecule has 0 aliphatic heterocycles. The summed E-state index contributed by atoms with van der Waals surface area (Å²) in [7, 11) is -6.78. The quantitative estimate of drug-likeness (QED) is 0.123. The Morgan fingerprint density at radius 3 is 2.11 bits per heavy atom. The molecule has 0 amide bonds. The summed E-state index contributed by atoms with van der Waals surface area (Å²) in [6.07, 6.45) is -8.90. The Balaban J connectivity index is 1.55. The molecule has 0 saturated heterocycles. The van der Waals surface area contributed by atoms with E-state index in [2.05, 4.69) is 49.9 Å². The van der Waals surface area contributed by atoms with Crippen LogP contribution in [0.15, 0.2) is 12.1 Å². The highest BCUT2D eigenvalue weighted by atomic mass is 127. The van der Waals surface area contributed by atoms with Gasteiger partial charge in [-0.3, -0.25) is 4.79 Å². The van der Waals surface area contributed by atoms with Crippen molar-refractivity contribution in [1.29, 1.82) is 0 Å². The standard InChI is InChI=1S/C21H18F5I3O7S/c22-20(23,24)18(21(25,26)37(32,33)34)35-17(31)14-9-1-8-2-10(14)7-19(5-8,6-9)36-16(30)12-3-11(27)4-13(28)15(12)29/h3-4,8-10,14,18H,1-2,5-7H2,(H,32,33,34)/p-1. The highest BCUT2D eigenvalue weighted by Crippen LogP contribution is 2.60. The van der Waals surface area contributed by atoms with E-state index in [1.54, 1.807) is 6.07 Å². The second-order valence-corrected chi connectivity index (χ2v) is 14.6. The molecule has 1 aromatic rings. The lowest BCUT2D eigenvalue weighted by atomic mass is 9.50. The summed E-state index contributed by atoms with van der Waals surface area (Å²) in [5.74, 6) is -4.66. The smallest absolute Gasteiger partial charge is 0.432 e. The van der Waals surface area contributed by atoms with E-state index < -0.39 is 62.9 Å². The molecule has 0 aromatic heterocycles. The summed E-state index contributed by atoms with van der Waals surface area (Å²) >= 11 is 6.19. The van der Waals surface area contributed by atoms with E-state index in [1.807, 2.05) is 28.7 Å². The number of carbonyl (C=O) groups is 2. The molecule has 206 valence electrons. The molecule has 3 unspecified atom stereocenters. The van der Waals surface area contributed by atoms with Crippen LogP contribution < -0.4 is 0 Å². The first-order chi connectivity index (χ1) is 16.8. The minimum atomic E-state index is -6.78. The zero-order valence-electron chi connectivity index (χ0n) is 18.4. The zero-order valence-corrected chi connectivity index (χ0v) is 25.7. The Morgan fingerprint density at radius 1 is 1.03 bits per heavy atom. The summed E-state index contributed by atoms with van der Waals surface area (Å²) in [6, 6.07) is 3.56. The molecule has 0 heterocycles. The fourth-order valence-electron chi connectivity index (χ4n) is 6.07. The lowest BCUT2D eigenvalue weighted by Gasteiger charge is -2.58. The van der Waals surface area contributed by atoms with Gasteiger partial charge in [-0.2, -0.15) is 22.0 Å². The number of hydrogen-bond acceptors (Lipinski definition) is 7. The minimum absolute atomic E-state index is 0.00587. The molecule has 4 saturated carbocycles. The van der Waals surface area contributed by atoms with Crippen molar-refractivity contribution < 1.29 is 54.0 Å². The average Bonchev–Trinajstić information content (AvgIpc) is 2.71. The predicted octanol–water partition coefficient (Wildman–Crippen LogP) is 5.46. The van der Waals surface area contributed by atoms with Crippen molar-refractivity contribution in [3.8, 4) is 0 Å². The summed E-state index contributed by atoms with van der Waals surface area (Å²) < 4.78 is 112. The molecule has 4 bridgehead atoms. The lowest BCUT2D eigenvalue weighted by molar-refractivity contribution is -0.265. The van der Waals surface area contributed by atoms with Crippen LogP contribution >= 0.6 is 67.8 Å². The minimum Gasteiger partial charge on any atom is -0.743 e. The number of benzene rings is 1. The molecule has 7 nitrogen and oxygen atoms in total. The van der Waals surface area contributed by atoms with Crippen LogP contribution in [-0.2, 0) is 24.4 Å². The van der Waals surface area contributed by atoms with E-state index >= 15 is 0 Å². The first kappa shape index (κ1) is 29.9. The normalized spacial score (nSPS) is 30.2. The summed E-state index contributed by atoms with van der Waals surface area (Å²) in [5, 5.41) is -5.90. The van der Waals surface area contributed by atoms with Crippen LogP contribution in [0.2, 0.25) is 0 Å². The fraction of sp³-hybridized carbons (Fsp3) is 0.619. The lowest BCUT2D eigenvalue weighted by Crippen LogP contribution is -2.59. The van der Waals surface area contributed by atoms with E-state index in [-0.39, 0.29) is 18.8 Å². The number of ether oxygens (including phenoxy) is 2. The van der Waals surface area contributed by atoms with E-state index in [0.29, 0.717) is 28.4 Å². The van der Waals surface area contributed by atoms with Gasteiger partial charge in [0, 0.05) is 10.7 Å². The van der Waals surface area contributed by atoms with E-state index in [4.69, 9.17) is 4.74 Å². The SMILES string of the molecule is O=C(OC12CC3CC(C1)C(C(=O)OC(C(F)(F)F)C(F)(F)S(=O)(=O)[O-])C(C3)C2)c1cc(I)cc(I)c1I. The number of alkyl halides is 5. The second kappa shape index (κ2) is 10.1. The van der Waals surface area contributed by atoms with E-state index in [1.165, 1.54) is 0 Å². The predicted molar refractivity (Wildman–Crippen MR) is 140 cm³/mol. The Bertz CT molecular complexity index is 1220. The largest absolute Gasteiger partial charge is 0.743 e.